The number of aryl methyl sites for hydroxylation is 1. The lowest BCUT2D eigenvalue weighted by Crippen LogP contribution is -2.08. The zero-order valence-electron chi connectivity index (χ0n) is 11.6. The van der Waals surface area contributed by atoms with Crippen LogP contribution >= 0.6 is 0 Å². The monoisotopic (exact) mass is 277 g/mol. The highest BCUT2D eigenvalue weighted by atomic mass is 16.1. The molecular weight excluding hydrogens is 262 g/mol. The van der Waals surface area contributed by atoms with Gasteiger partial charge in [-0.15, -0.1) is 0 Å². The van der Waals surface area contributed by atoms with Gasteiger partial charge in [-0.3, -0.25) is 4.79 Å². The third-order valence-corrected chi connectivity index (χ3v) is 3.04. The third-order valence-electron chi connectivity index (χ3n) is 3.04. The van der Waals surface area contributed by atoms with Crippen LogP contribution in [0, 0.1) is 18.3 Å². The number of hydrogen-bond donors (Lipinski definition) is 2. The Balaban J connectivity index is 2.09. The topological polar surface area (TPSA) is 78.9 Å². The van der Waals surface area contributed by atoms with Crippen molar-refractivity contribution in [2.45, 2.75) is 6.92 Å². The van der Waals surface area contributed by atoms with Crippen LogP contribution in [-0.4, -0.2) is 5.91 Å². The summed E-state index contributed by atoms with van der Waals surface area (Å²) in [6.45, 7) is 1.92. The second-order valence-electron chi connectivity index (χ2n) is 4.60. The standard InChI is InChI=1S/C17H15N3O/c1-12-6-7-13(10-15(12)19)8-9-17(21)20-16-5-3-2-4-14(16)11-18/h2-10H,19H2,1H3,(H,20,21)/b9-8+. The van der Waals surface area contributed by atoms with E-state index >= 15 is 0 Å². The van der Waals surface area contributed by atoms with Gasteiger partial charge < -0.3 is 11.1 Å². The molecule has 0 spiro atoms. The molecule has 21 heavy (non-hydrogen) atoms. The number of para-hydroxylation sites is 1. The van der Waals surface area contributed by atoms with Crippen molar-refractivity contribution < 1.29 is 4.79 Å². The average Bonchev–Trinajstić information content (AvgIpc) is 2.49. The van der Waals surface area contributed by atoms with E-state index in [9.17, 15) is 4.79 Å². The Morgan fingerprint density at radius 1 is 1.29 bits per heavy atom. The van der Waals surface area contributed by atoms with E-state index in [1.807, 2.05) is 31.2 Å². The lowest BCUT2D eigenvalue weighted by Gasteiger charge is -2.04. The van der Waals surface area contributed by atoms with E-state index in [1.165, 1.54) is 6.08 Å². The van der Waals surface area contributed by atoms with Crippen LogP contribution in [0.4, 0.5) is 11.4 Å². The molecule has 3 N–H and O–H groups in total. The van der Waals surface area contributed by atoms with Crippen molar-refractivity contribution in [3.05, 3.63) is 65.2 Å². The van der Waals surface area contributed by atoms with Crippen molar-refractivity contribution in [1.82, 2.24) is 0 Å². The fraction of sp³-hybridized carbons (Fsp3) is 0.0588. The summed E-state index contributed by atoms with van der Waals surface area (Å²) in [5.41, 5.74) is 9.28. The molecule has 0 aromatic heterocycles. The van der Waals surface area contributed by atoms with E-state index in [0.29, 0.717) is 16.9 Å². The first-order valence-electron chi connectivity index (χ1n) is 6.44. The van der Waals surface area contributed by atoms with Gasteiger partial charge in [-0.2, -0.15) is 5.26 Å². The van der Waals surface area contributed by atoms with E-state index in [2.05, 4.69) is 5.32 Å². The number of anilines is 2. The van der Waals surface area contributed by atoms with Gasteiger partial charge in [-0.25, -0.2) is 0 Å². The Morgan fingerprint density at radius 2 is 2.05 bits per heavy atom. The Kier molecular flexibility index (Phi) is 4.37. The highest BCUT2D eigenvalue weighted by Gasteiger charge is 2.03. The van der Waals surface area contributed by atoms with E-state index in [1.54, 1.807) is 30.3 Å². The number of nitrogens with zero attached hydrogens (tertiary/aromatic N) is 1. The molecule has 0 bridgehead atoms. The molecule has 2 rings (SSSR count). The molecule has 0 radical (unpaired) electrons. The average molecular weight is 277 g/mol. The van der Waals surface area contributed by atoms with Gasteiger partial charge >= 0.3 is 0 Å². The van der Waals surface area contributed by atoms with Crippen molar-refractivity contribution in [2.75, 3.05) is 11.1 Å². The van der Waals surface area contributed by atoms with Crippen LogP contribution in [0.1, 0.15) is 16.7 Å². The number of nitrogens with two attached hydrogens (primary N) is 1. The number of rotatable bonds is 3. The lowest BCUT2D eigenvalue weighted by atomic mass is 10.1. The van der Waals surface area contributed by atoms with Crippen LogP contribution in [0.25, 0.3) is 6.08 Å². The molecule has 0 atom stereocenters. The number of nitrogens with one attached hydrogen (secondary N) is 1. The van der Waals surface area contributed by atoms with Gasteiger partial charge in [0, 0.05) is 11.8 Å². The predicted octanol–water partition coefficient (Wildman–Crippen LogP) is 3.10. The number of benzene rings is 2. The molecule has 0 heterocycles. The molecule has 0 aliphatic carbocycles. The van der Waals surface area contributed by atoms with Gasteiger partial charge in [0.1, 0.15) is 6.07 Å². The first kappa shape index (κ1) is 14.4. The summed E-state index contributed by atoms with van der Waals surface area (Å²) in [5, 5.41) is 11.6. The second-order valence-corrected chi connectivity index (χ2v) is 4.60. The molecule has 4 heteroatoms. The number of nitriles is 1. The van der Waals surface area contributed by atoms with Gasteiger partial charge in [0.05, 0.1) is 11.3 Å². The zero-order chi connectivity index (χ0) is 15.2. The van der Waals surface area contributed by atoms with Crippen LogP contribution in [0.5, 0.6) is 0 Å². The third kappa shape index (κ3) is 3.71. The summed E-state index contributed by atoms with van der Waals surface area (Å²) in [6.07, 6.45) is 3.10. The number of amides is 1. The van der Waals surface area contributed by atoms with Crippen LogP contribution in [0.3, 0.4) is 0 Å². The summed E-state index contributed by atoms with van der Waals surface area (Å²) in [4.78, 5) is 11.9. The largest absolute Gasteiger partial charge is 0.398 e. The summed E-state index contributed by atoms with van der Waals surface area (Å²) in [5.74, 6) is -0.295. The minimum atomic E-state index is -0.295. The molecule has 0 unspecified atom stereocenters. The van der Waals surface area contributed by atoms with E-state index in [-0.39, 0.29) is 5.91 Å². The Bertz CT molecular complexity index is 742. The van der Waals surface area contributed by atoms with Crippen molar-refractivity contribution in [3.8, 4) is 6.07 Å². The molecule has 0 fully saturated rings. The fourth-order valence-corrected chi connectivity index (χ4v) is 1.80. The van der Waals surface area contributed by atoms with E-state index in [4.69, 9.17) is 11.0 Å². The minimum absolute atomic E-state index is 0.295. The van der Waals surface area contributed by atoms with E-state index < -0.39 is 0 Å². The molecule has 2 aromatic rings. The number of carbonyl (C=O) groups is 1. The maximum atomic E-state index is 11.9. The van der Waals surface area contributed by atoms with Crippen LogP contribution in [0.15, 0.2) is 48.5 Å². The Labute approximate surface area is 123 Å². The Hall–Kier alpha value is -3.06. The normalized spacial score (nSPS) is 10.3. The maximum absolute atomic E-state index is 11.9. The lowest BCUT2D eigenvalue weighted by molar-refractivity contribution is -0.111. The van der Waals surface area contributed by atoms with Crippen LogP contribution in [-0.2, 0) is 4.79 Å². The van der Waals surface area contributed by atoms with Crippen LogP contribution < -0.4 is 11.1 Å². The Morgan fingerprint density at radius 3 is 2.76 bits per heavy atom. The van der Waals surface area contributed by atoms with Gasteiger partial charge in [0.2, 0.25) is 5.91 Å². The first-order chi connectivity index (χ1) is 10.1. The van der Waals surface area contributed by atoms with Gasteiger partial charge in [-0.05, 0) is 42.3 Å². The maximum Gasteiger partial charge on any atom is 0.248 e. The van der Waals surface area contributed by atoms with Crippen molar-refractivity contribution in [1.29, 1.82) is 5.26 Å². The van der Waals surface area contributed by atoms with Gasteiger partial charge in [-0.1, -0.05) is 24.3 Å². The molecular formula is C17H15N3O. The molecule has 0 aliphatic rings. The summed E-state index contributed by atoms with van der Waals surface area (Å²) < 4.78 is 0. The first-order valence-corrected chi connectivity index (χ1v) is 6.44. The molecule has 1 amide bonds. The zero-order valence-corrected chi connectivity index (χ0v) is 11.6. The predicted molar refractivity (Wildman–Crippen MR) is 84.4 cm³/mol. The summed E-state index contributed by atoms with van der Waals surface area (Å²) in [7, 11) is 0. The molecule has 4 nitrogen and oxygen atoms in total. The molecule has 104 valence electrons. The quantitative estimate of drug-likeness (QED) is 0.668. The van der Waals surface area contributed by atoms with Crippen molar-refractivity contribution in [2.24, 2.45) is 0 Å². The van der Waals surface area contributed by atoms with Gasteiger partial charge in [0.15, 0.2) is 0 Å². The summed E-state index contributed by atoms with van der Waals surface area (Å²) >= 11 is 0. The highest BCUT2D eigenvalue weighted by Crippen LogP contribution is 2.15. The summed E-state index contributed by atoms with van der Waals surface area (Å²) in [6, 6.07) is 14.5. The second kappa shape index (κ2) is 6.40. The van der Waals surface area contributed by atoms with Crippen LogP contribution in [0.2, 0.25) is 0 Å². The number of hydrogen-bond acceptors (Lipinski definition) is 3. The SMILES string of the molecule is Cc1ccc(/C=C/C(=O)Nc2ccccc2C#N)cc1N. The van der Waals surface area contributed by atoms with E-state index in [0.717, 1.165) is 11.1 Å². The fourth-order valence-electron chi connectivity index (χ4n) is 1.80. The number of nitrogen functional groups attached to an aromatic ring is 1. The molecule has 0 aliphatic heterocycles. The van der Waals surface area contributed by atoms with Crippen molar-refractivity contribution >= 4 is 23.4 Å². The highest BCUT2D eigenvalue weighted by molar-refractivity contribution is 6.02. The molecule has 2 aromatic carbocycles. The van der Waals surface area contributed by atoms with Crippen molar-refractivity contribution in [3.63, 3.8) is 0 Å². The molecule has 0 saturated carbocycles. The molecule has 0 saturated heterocycles. The van der Waals surface area contributed by atoms with Gasteiger partial charge in [0.25, 0.3) is 0 Å². The minimum Gasteiger partial charge on any atom is -0.398 e. The number of carbonyl (C=O) groups excluding carboxylic acids is 1. The smallest absolute Gasteiger partial charge is 0.248 e.